The number of carbonyl (C=O) groups is 2. The third kappa shape index (κ3) is 5.60. The molecule has 1 aliphatic heterocycles. The number of hydrogen-bond donors (Lipinski definition) is 3. The van der Waals surface area contributed by atoms with E-state index in [2.05, 4.69) is 31.2 Å². The summed E-state index contributed by atoms with van der Waals surface area (Å²) in [6, 6.07) is 9.50. The number of nitrogens with one attached hydrogen (secondary N) is 2. The Labute approximate surface area is 237 Å². The number of carbonyl (C=O) groups excluding carboxylic acids is 2. The molecule has 2 aromatic carbocycles. The Bertz CT molecular complexity index is 1530. The minimum absolute atomic E-state index is 0.0313. The molecule has 0 saturated heterocycles. The van der Waals surface area contributed by atoms with E-state index in [4.69, 9.17) is 0 Å². The molecule has 2 aliphatic rings. The van der Waals surface area contributed by atoms with Crippen LogP contribution in [0.15, 0.2) is 52.6 Å². The summed E-state index contributed by atoms with van der Waals surface area (Å²) >= 11 is 0. The van der Waals surface area contributed by atoms with Gasteiger partial charge >= 0.3 is 0 Å². The third-order valence-electron chi connectivity index (χ3n) is 7.77. The topological polar surface area (TPSA) is 140 Å². The number of aromatic amines is 1. The zero-order valence-electron chi connectivity index (χ0n) is 23.5. The number of hydrazone groups is 1. The lowest BCUT2D eigenvalue weighted by atomic mass is 9.77. The fourth-order valence-electron chi connectivity index (χ4n) is 5.59. The van der Waals surface area contributed by atoms with E-state index < -0.39 is 17.6 Å². The van der Waals surface area contributed by atoms with Gasteiger partial charge in [-0.2, -0.15) is 5.10 Å². The highest BCUT2D eigenvalue weighted by molar-refractivity contribution is 6.57. The van der Waals surface area contributed by atoms with E-state index in [1.165, 1.54) is 18.2 Å². The lowest BCUT2D eigenvalue weighted by molar-refractivity contribution is -0.121. The molecule has 2 atom stereocenters. The van der Waals surface area contributed by atoms with Crippen molar-refractivity contribution in [2.24, 2.45) is 5.10 Å². The van der Waals surface area contributed by atoms with Crippen LogP contribution in [-0.2, 0) is 9.59 Å². The number of hydrogen-bond acceptors (Lipinski definition) is 9. The number of aromatic hydroxyl groups is 1. The van der Waals surface area contributed by atoms with Gasteiger partial charge in [0.1, 0.15) is 11.6 Å². The minimum Gasteiger partial charge on any atom is -0.505 e. The molecule has 1 aliphatic carbocycles. The van der Waals surface area contributed by atoms with Crippen molar-refractivity contribution in [2.45, 2.75) is 51.4 Å². The Balaban J connectivity index is 1.46. The minimum atomic E-state index is -0.639. The van der Waals surface area contributed by atoms with E-state index >= 15 is 0 Å². The highest BCUT2D eigenvalue weighted by Gasteiger charge is 2.38. The Morgan fingerprint density at radius 1 is 1.15 bits per heavy atom. The summed E-state index contributed by atoms with van der Waals surface area (Å²) in [4.78, 5) is 30.0. The van der Waals surface area contributed by atoms with Crippen LogP contribution in [0, 0.1) is 12.7 Å². The second kappa shape index (κ2) is 11.6. The molecule has 5 rings (SSSR count). The number of likely N-dealkylation sites (N-methyl/N-ethyl adjacent to an activating group) is 1. The monoisotopic (exact) mass is 560 g/mol. The van der Waals surface area contributed by atoms with Crippen LogP contribution >= 0.6 is 0 Å². The molecule has 11 nitrogen and oxygen atoms in total. The first-order chi connectivity index (χ1) is 19.7. The first kappa shape index (κ1) is 28.1. The number of phenolic OH excluding ortho intramolecular Hbond substituents is 1. The normalized spacial score (nSPS) is 20.8. The summed E-state index contributed by atoms with van der Waals surface area (Å²) in [5.74, 6) is -0.493. The average Bonchev–Trinajstić information content (AvgIpc) is 3.49. The van der Waals surface area contributed by atoms with Crippen LogP contribution in [-0.4, -0.2) is 68.8 Å². The van der Waals surface area contributed by atoms with Crippen LogP contribution in [0.25, 0.3) is 0 Å². The predicted octanol–water partition coefficient (Wildman–Crippen LogP) is 4.01. The second-order valence-corrected chi connectivity index (χ2v) is 10.9. The Kier molecular flexibility index (Phi) is 7.93. The average molecular weight is 561 g/mol. The van der Waals surface area contributed by atoms with E-state index in [1.54, 1.807) is 19.9 Å². The summed E-state index contributed by atoms with van der Waals surface area (Å²) in [6.45, 7) is 3.53. The first-order valence-corrected chi connectivity index (χ1v) is 13.5. The third-order valence-corrected chi connectivity index (χ3v) is 7.77. The SMILES string of the molecule is CC1=C(CN(C)C)C(=O)N(c2ccc(F)c(C)c2)C(=O)/C1=N/Nc1cccc(C2CCCC(c3nnn[nH]3)C2)c1O. The van der Waals surface area contributed by atoms with Gasteiger partial charge in [0.2, 0.25) is 0 Å². The molecule has 3 aromatic rings. The second-order valence-electron chi connectivity index (χ2n) is 10.9. The number of benzene rings is 2. The first-order valence-electron chi connectivity index (χ1n) is 13.5. The molecule has 1 saturated carbocycles. The van der Waals surface area contributed by atoms with E-state index in [0.29, 0.717) is 22.4 Å². The molecule has 12 heteroatoms. The lowest BCUT2D eigenvalue weighted by Gasteiger charge is -2.30. The van der Waals surface area contributed by atoms with Crippen molar-refractivity contribution in [3.8, 4) is 5.75 Å². The number of halogens is 1. The van der Waals surface area contributed by atoms with Gasteiger partial charge in [0.15, 0.2) is 11.5 Å². The molecule has 1 fully saturated rings. The van der Waals surface area contributed by atoms with E-state index in [-0.39, 0.29) is 35.5 Å². The van der Waals surface area contributed by atoms with E-state index in [0.717, 1.165) is 42.0 Å². The summed E-state index contributed by atoms with van der Waals surface area (Å²) < 4.78 is 14.0. The van der Waals surface area contributed by atoms with Crippen LogP contribution in [0.2, 0.25) is 0 Å². The van der Waals surface area contributed by atoms with Crippen LogP contribution in [0.5, 0.6) is 5.75 Å². The van der Waals surface area contributed by atoms with Crippen LogP contribution < -0.4 is 10.3 Å². The summed E-state index contributed by atoms with van der Waals surface area (Å²) in [5, 5.41) is 30.0. The zero-order valence-corrected chi connectivity index (χ0v) is 23.5. The predicted molar refractivity (Wildman–Crippen MR) is 152 cm³/mol. The van der Waals surface area contributed by atoms with Gasteiger partial charge in [0.05, 0.1) is 11.4 Å². The van der Waals surface area contributed by atoms with Crippen molar-refractivity contribution in [1.82, 2.24) is 25.5 Å². The molecule has 2 unspecified atom stereocenters. The van der Waals surface area contributed by atoms with Gasteiger partial charge in [-0.25, -0.2) is 14.4 Å². The van der Waals surface area contributed by atoms with Crippen molar-refractivity contribution >= 4 is 28.9 Å². The Morgan fingerprint density at radius 3 is 2.63 bits per heavy atom. The Morgan fingerprint density at radius 2 is 1.93 bits per heavy atom. The van der Waals surface area contributed by atoms with Crippen molar-refractivity contribution in [3.05, 3.63) is 70.3 Å². The largest absolute Gasteiger partial charge is 0.505 e. The fraction of sp³-hybridized carbons (Fsp3) is 0.379. The molecule has 1 aromatic heterocycles. The van der Waals surface area contributed by atoms with Crippen molar-refractivity contribution in [1.29, 1.82) is 0 Å². The molecule has 0 radical (unpaired) electrons. The Hall–Kier alpha value is -4.45. The van der Waals surface area contributed by atoms with Gasteiger partial charge < -0.3 is 10.0 Å². The highest BCUT2D eigenvalue weighted by atomic mass is 19.1. The fourth-order valence-corrected chi connectivity index (χ4v) is 5.59. The van der Waals surface area contributed by atoms with E-state index in [9.17, 15) is 19.1 Å². The molecule has 3 N–H and O–H groups in total. The van der Waals surface area contributed by atoms with Gasteiger partial charge in [-0.3, -0.25) is 15.0 Å². The number of rotatable bonds is 7. The highest BCUT2D eigenvalue weighted by Crippen LogP contribution is 2.44. The summed E-state index contributed by atoms with van der Waals surface area (Å²) in [6.07, 6.45) is 3.62. The molecule has 2 amide bonds. The van der Waals surface area contributed by atoms with E-state index in [1.807, 2.05) is 31.1 Å². The van der Waals surface area contributed by atoms with Gasteiger partial charge in [0, 0.05) is 18.0 Å². The number of amides is 2. The van der Waals surface area contributed by atoms with Crippen LogP contribution in [0.1, 0.15) is 61.4 Å². The number of phenols is 1. The maximum atomic E-state index is 14.0. The van der Waals surface area contributed by atoms with Gasteiger partial charge in [-0.1, -0.05) is 18.6 Å². The number of anilines is 2. The molecular weight excluding hydrogens is 527 g/mol. The number of imide groups is 1. The molecular formula is C29H33FN8O3. The quantitative estimate of drug-likeness (QED) is 0.224. The molecule has 41 heavy (non-hydrogen) atoms. The van der Waals surface area contributed by atoms with Crippen LogP contribution in [0.3, 0.4) is 0 Å². The number of tetrazole rings is 1. The standard InChI is InChI=1S/C29H33FN8O3/c1-16-13-20(11-12-23(16)30)38-28(40)22(15-37(3)4)17(2)25(29(38)41)32-31-24-10-6-9-21(26(24)39)18-7-5-8-19(14-18)27-33-35-36-34-27/h6,9-13,18-19,31,39H,5,7-8,14-15H2,1-4H3,(H,33,34,35,36)/b32-25+. The summed E-state index contributed by atoms with van der Waals surface area (Å²) in [5.41, 5.74) is 5.42. The number of H-pyrrole nitrogens is 1. The number of aryl methyl sites for hydroxylation is 1. The molecule has 0 spiro atoms. The lowest BCUT2D eigenvalue weighted by Crippen LogP contribution is -2.49. The zero-order chi connectivity index (χ0) is 29.3. The van der Waals surface area contributed by atoms with Gasteiger partial charge in [-0.05, 0) is 105 Å². The van der Waals surface area contributed by atoms with Crippen molar-refractivity contribution < 1.29 is 19.1 Å². The maximum absolute atomic E-state index is 14.0. The molecule has 214 valence electrons. The summed E-state index contributed by atoms with van der Waals surface area (Å²) in [7, 11) is 3.65. The van der Waals surface area contributed by atoms with Crippen molar-refractivity contribution in [3.63, 3.8) is 0 Å². The number of aromatic nitrogens is 4. The molecule has 0 bridgehead atoms. The number of para-hydroxylation sites is 1. The smallest absolute Gasteiger partial charge is 0.286 e. The van der Waals surface area contributed by atoms with Crippen LogP contribution in [0.4, 0.5) is 15.8 Å². The van der Waals surface area contributed by atoms with Gasteiger partial charge in [-0.15, -0.1) is 5.10 Å². The van der Waals surface area contributed by atoms with Crippen molar-refractivity contribution in [2.75, 3.05) is 31.0 Å². The number of nitrogens with zero attached hydrogens (tertiary/aromatic N) is 6. The maximum Gasteiger partial charge on any atom is 0.286 e. The van der Waals surface area contributed by atoms with Gasteiger partial charge in [0.25, 0.3) is 11.8 Å². The molecule has 2 heterocycles.